The van der Waals surface area contributed by atoms with Crippen LogP contribution in [0.1, 0.15) is 29.0 Å². The maximum Gasteiger partial charge on any atom is 0.231 e. The number of nitrogens with one attached hydrogen (secondary N) is 1. The highest BCUT2D eigenvalue weighted by Crippen LogP contribution is 2.42. The summed E-state index contributed by atoms with van der Waals surface area (Å²) in [5, 5.41) is 21.0. The fourth-order valence-electron chi connectivity index (χ4n) is 10.3. The Labute approximate surface area is 466 Å². The van der Waals surface area contributed by atoms with Gasteiger partial charge in [0.25, 0.3) is 0 Å². The fraction of sp³-hybridized carbons (Fsp3) is 0.377. The van der Waals surface area contributed by atoms with Gasteiger partial charge in [0.15, 0.2) is 11.5 Å². The molecule has 0 aliphatic carbocycles. The topological polar surface area (TPSA) is 136 Å². The third kappa shape index (κ3) is 14.6. The molecule has 2 atom stereocenters. The molecule has 14 nitrogen and oxygen atoms in total. The van der Waals surface area contributed by atoms with Gasteiger partial charge in [-0.25, -0.2) is 14.4 Å². The van der Waals surface area contributed by atoms with Gasteiger partial charge in [0.1, 0.15) is 23.2 Å². The lowest BCUT2D eigenvalue weighted by molar-refractivity contribution is 0.0652. The van der Waals surface area contributed by atoms with E-state index in [1.807, 2.05) is 30.3 Å². The minimum Gasteiger partial charge on any atom is -0.493 e. The Morgan fingerprint density at radius 3 is 1.64 bits per heavy atom. The zero-order chi connectivity index (χ0) is 53.3. The van der Waals surface area contributed by atoms with Crippen LogP contribution < -0.4 is 19.5 Å². The number of piperidine rings is 1. The van der Waals surface area contributed by atoms with Gasteiger partial charge < -0.3 is 49.0 Å². The van der Waals surface area contributed by atoms with Gasteiger partial charge in [-0.1, -0.05) is 96.3 Å². The number of halogens is 1. The Hall–Kier alpha value is -5.99. The first-order chi connectivity index (χ1) is 38.5. The zero-order valence-electron chi connectivity index (χ0n) is 44.1. The second-order valence-corrected chi connectivity index (χ2v) is 21.7. The molecule has 0 radical (unpaired) electrons. The molecule has 410 valence electrons. The summed E-state index contributed by atoms with van der Waals surface area (Å²) in [5.74, 6) is 4.95. The highest BCUT2D eigenvalue weighted by atomic mass is 32.2. The molecule has 17 heteroatoms. The summed E-state index contributed by atoms with van der Waals surface area (Å²) in [6.45, 7) is 14.8. The predicted molar refractivity (Wildman–Crippen MR) is 306 cm³/mol. The minimum atomic E-state index is -0.194. The predicted octanol–water partition coefficient (Wildman–Crippen LogP) is 9.04. The van der Waals surface area contributed by atoms with E-state index in [0.717, 1.165) is 125 Å². The van der Waals surface area contributed by atoms with Crippen molar-refractivity contribution in [1.82, 2.24) is 24.9 Å². The second-order valence-electron chi connectivity index (χ2n) is 19.6. The number of amidine groups is 2. The molecule has 6 aromatic carbocycles. The number of para-hydroxylation sites is 2. The number of fused-ring (bicyclic) bond motifs is 5. The summed E-state index contributed by atoms with van der Waals surface area (Å²) in [6.07, 6.45) is 1.03. The van der Waals surface area contributed by atoms with Crippen molar-refractivity contribution in [2.24, 2.45) is 15.9 Å². The average Bonchev–Trinajstić information content (AvgIpc) is 3.83. The molecule has 0 spiro atoms. The van der Waals surface area contributed by atoms with Crippen molar-refractivity contribution < 1.29 is 38.3 Å². The number of benzene rings is 6. The highest BCUT2D eigenvalue weighted by Gasteiger charge is 2.29. The van der Waals surface area contributed by atoms with Gasteiger partial charge in [-0.15, -0.1) is 0 Å². The molecule has 78 heavy (non-hydrogen) atoms. The Bertz CT molecular complexity index is 2800. The second kappa shape index (κ2) is 28.2. The number of hydrogen-bond donors (Lipinski definition) is 3. The summed E-state index contributed by atoms with van der Waals surface area (Å²) in [6, 6.07) is 46.4. The van der Waals surface area contributed by atoms with E-state index in [-0.39, 0.29) is 25.8 Å². The fourth-order valence-corrected chi connectivity index (χ4v) is 12.4. The molecule has 12 rings (SSSR count). The summed E-state index contributed by atoms with van der Waals surface area (Å²) >= 11 is 3.60. The van der Waals surface area contributed by atoms with E-state index in [4.69, 9.17) is 43.9 Å². The van der Waals surface area contributed by atoms with Crippen LogP contribution in [0.4, 0.5) is 15.8 Å². The molecule has 6 aliphatic heterocycles. The Balaban J connectivity index is 0.000000133. The van der Waals surface area contributed by atoms with Gasteiger partial charge in [0.05, 0.1) is 57.6 Å². The van der Waals surface area contributed by atoms with Crippen LogP contribution >= 0.6 is 23.5 Å². The van der Waals surface area contributed by atoms with Crippen LogP contribution in [-0.2, 0) is 9.47 Å². The van der Waals surface area contributed by atoms with Crippen LogP contribution in [0.5, 0.6) is 17.2 Å². The van der Waals surface area contributed by atoms with Crippen molar-refractivity contribution in [3.63, 3.8) is 0 Å². The number of aliphatic hydroxyl groups excluding tert-OH is 2. The summed E-state index contributed by atoms with van der Waals surface area (Å²) in [7, 11) is 0. The van der Waals surface area contributed by atoms with E-state index >= 15 is 0 Å². The molecule has 0 unspecified atom stereocenters. The quantitative estimate of drug-likeness (QED) is 0.0896. The van der Waals surface area contributed by atoms with Gasteiger partial charge in [0.2, 0.25) is 6.79 Å². The van der Waals surface area contributed by atoms with Gasteiger partial charge in [0, 0.05) is 115 Å². The summed E-state index contributed by atoms with van der Waals surface area (Å²) in [5.41, 5.74) is 5.72. The summed E-state index contributed by atoms with van der Waals surface area (Å²) in [4.78, 5) is 24.7. The van der Waals surface area contributed by atoms with Crippen molar-refractivity contribution in [1.29, 1.82) is 0 Å². The molecule has 6 aromatic rings. The Morgan fingerprint density at radius 1 is 0.577 bits per heavy atom. The van der Waals surface area contributed by atoms with E-state index in [1.165, 1.54) is 48.4 Å². The maximum atomic E-state index is 13.2. The van der Waals surface area contributed by atoms with Gasteiger partial charge in [-0.05, 0) is 85.1 Å². The van der Waals surface area contributed by atoms with Crippen molar-refractivity contribution in [3.05, 3.63) is 162 Å². The van der Waals surface area contributed by atoms with Crippen LogP contribution in [0.2, 0.25) is 0 Å². The first kappa shape index (κ1) is 55.3. The third-order valence-electron chi connectivity index (χ3n) is 14.5. The maximum absolute atomic E-state index is 13.2. The van der Waals surface area contributed by atoms with E-state index in [2.05, 4.69) is 122 Å². The number of hydrogen-bond acceptors (Lipinski definition) is 16. The van der Waals surface area contributed by atoms with Crippen LogP contribution in [-0.4, -0.2) is 173 Å². The molecule has 0 amide bonds. The molecule has 3 saturated heterocycles. The molecule has 0 saturated carbocycles. The number of nitrogens with zero attached hydrogens (tertiary/aromatic N) is 6. The lowest BCUT2D eigenvalue weighted by Gasteiger charge is -2.36. The van der Waals surface area contributed by atoms with Gasteiger partial charge >= 0.3 is 0 Å². The van der Waals surface area contributed by atoms with Crippen molar-refractivity contribution in [3.8, 4) is 17.2 Å². The summed E-state index contributed by atoms with van der Waals surface area (Å²) < 4.78 is 40.7. The van der Waals surface area contributed by atoms with E-state index in [1.54, 1.807) is 23.5 Å². The lowest BCUT2D eigenvalue weighted by Crippen LogP contribution is -2.49. The Morgan fingerprint density at radius 2 is 1.09 bits per heavy atom. The largest absolute Gasteiger partial charge is 0.493 e. The first-order valence-corrected chi connectivity index (χ1v) is 28.8. The monoisotopic (exact) mass is 1100 g/mol. The molecule has 0 bridgehead atoms. The Kier molecular flexibility index (Phi) is 20.0. The number of aliphatic imine (C=N–C) groups is 2. The van der Waals surface area contributed by atoms with Crippen LogP contribution in [0.25, 0.3) is 0 Å². The normalized spacial score (nSPS) is 18.7. The molecule has 6 heterocycles. The zero-order valence-corrected chi connectivity index (χ0v) is 45.7. The van der Waals surface area contributed by atoms with Crippen LogP contribution in [0.3, 0.4) is 0 Å². The van der Waals surface area contributed by atoms with E-state index in [0.29, 0.717) is 44.9 Å². The first-order valence-electron chi connectivity index (χ1n) is 27.2. The number of aliphatic hydroxyl groups is 2. The molecular weight excluding hydrogens is 1030 g/mol. The SMILES string of the molecule is Fc1ccc([C@@H]2CCNC[C@H]2COc2ccc3c(c2)OCO3)cc1.OCCOCCN1CCN(C2=Nc3ccccc3Sc3ccccc32)CC1.OCCOCCN1CCN(C2=Nc3ccccc3Sc3ccccc32)CC1. The van der Waals surface area contributed by atoms with Gasteiger partial charge in [-0.2, -0.15) is 0 Å². The number of rotatable bonds is 14. The minimum absolute atomic E-state index is 0.0898. The van der Waals surface area contributed by atoms with Crippen molar-refractivity contribution in [2.75, 3.05) is 132 Å². The van der Waals surface area contributed by atoms with Crippen LogP contribution in [0.15, 0.2) is 169 Å². The number of ether oxygens (including phenoxy) is 5. The molecule has 3 N–H and O–H groups in total. The highest BCUT2D eigenvalue weighted by molar-refractivity contribution is 7.99. The van der Waals surface area contributed by atoms with Crippen LogP contribution in [0, 0.1) is 11.7 Å². The third-order valence-corrected chi connectivity index (χ3v) is 16.8. The molecular formula is C61H70FN7O7S2. The standard InChI is InChI=1S/2C21H25N3O2S.C19H20FNO3/c2*25-14-16-26-15-13-23-9-11-24(12-10-23)21-17-5-1-3-7-19(17)27-20-8-4-2-6-18(20)22-21;20-15-3-1-13(2-4-15)17-7-8-21-10-14(17)11-22-16-5-6-18-19(9-16)24-12-23-18/h2*1-8,25H,9-16H2;1-6,9,14,17,21H,7-8,10-12H2/t;;14-,17-/m..0/s1. The van der Waals surface area contributed by atoms with Crippen molar-refractivity contribution in [2.45, 2.75) is 31.9 Å². The van der Waals surface area contributed by atoms with E-state index in [9.17, 15) is 4.39 Å². The van der Waals surface area contributed by atoms with Gasteiger partial charge in [-0.3, -0.25) is 9.80 Å². The van der Waals surface area contributed by atoms with Crippen molar-refractivity contribution >= 4 is 46.6 Å². The number of piperazine rings is 2. The molecule has 3 fully saturated rings. The lowest BCUT2D eigenvalue weighted by atomic mass is 9.81. The molecule has 6 aliphatic rings. The average molecular weight is 1100 g/mol. The smallest absolute Gasteiger partial charge is 0.231 e. The van der Waals surface area contributed by atoms with E-state index < -0.39 is 0 Å². The molecule has 0 aromatic heterocycles.